The fourth-order valence-corrected chi connectivity index (χ4v) is 3.15. The number of nitrogens with two attached hydrogens (primary N) is 1. The van der Waals surface area contributed by atoms with E-state index in [1.54, 1.807) is 11.3 Å². The molecular formula is C12H18ClNOS. The Morgan fingerprint density at radius 2 is 2.19 bits per heavy atom. The second kappa shape index (κ2) is 4.30. The Bertz CT molecular complexity index is 365. The highest BCUT2D eigenvalue weighted by Crippen LogP contribution is 2.42. The summed E-state index contributed by atoms with van der Waals surface area (Å²) in [6, 6.07) is 4.09. The first-order chi connectivity index (χ1) is 7.41. The van der Waals surface area contributed by atoms with E-state index in [2.05, 4.69) is 19.9 Å². The van der Waals surface area contributed by atoms with Crippen molar-refractivity contribution < 1.29 is 4.74 Å². The van der Waals surface area contributed by atoms with Gasteiger partial charge in [-0.1, -0.05) is 11.6 Å². The number of halogens is 1. The van der Waals surface area contributed by atoms with E-state index < -0.39 is 0 Å². The van der Waals surface area contributed by atoms with Gasteiger partial charge in [0.05, 0.1) is 23.0 Å². The molecule has 1 aliphatic heterocycles. The van der Waals surface area contributed by atoms with Gasteiger partial charge in [-0.15, -0.1) is 11.3 Å². The second-order valence-electron chi connectivity index (χ2n) is 5.37. The van der Waals surface area contributed by atoms with Crippen molar-refractivity contribution in [2.24, 2.45) is 5.73 Å². The summed E-state index contributed by atoms with van der Waals surface area (Å²) in [7, 11) is 0. The fourth-order valence-electron chi connectivity index (χ4n) is 1.92. The van der Waals surface area contributed by atoms with Gasteiger partial charge in [0.2, 0.25) is 0 Å². The maximum atomic E-state index is 6.04. The van der Waals surface area contributed by atoms with Crippen LogP contribution in [0.3, 0.4) is 0 Å². The highest BCUT2D eigenvalue weighted by molar-refractivity contribution is 7.16. The lowest BCUT2D eigenvalue weighted by atomic mass is 9.77. The molecule has 2 N–H and O–H groups in total. The van der Waals surface area contributed by atoms with Gasteiger partial charge in [-0.05, 0) is 38.8 Å². The lowest BCUT2D eigenvalue weighted by molar-refractivity contribution is -0.0650. The predicted octanol–water partition coefficient (Wildman–Crippen LogP) is 3.19. The molecule has 4 heteroatoms. The van der Waals surface area contributed by atoms with Crippen LogP contribution in [0.1, 0.15) is 31.6 Å². The molecule has 2 rings (SSSR count). The van der Waals surface area contributed by atoms with Crippen LogP contribution in [-0.4, -0.2) is 18.8 Å². The summed E-state index contributed by atoms with van der Waals surface area (Å²) in [6.45, 7) is 5.75. The SMILES string of the molecule is CC(C)(N)CCC1(c2ccc(Cl)s2)COC1. The molecule has 0 aliphatic carbocycles. The zero-order valence-corrected chi connectivity index (χ0v) is 11.3. The van der Waals surface area contributed by atoms with Crippen molar-refractivity contribution in [2.45, 2.75) is 37.6 Å². The number of ether oxygens (including phenoxy) is 1. The fraction of sp³-hybridized carbons (Fsp3) is 0.667. The van der Waals surface area contributed by atoms with E-state index in [-0.39, 0.29) is 11.0 Å². The minimum Gasteiger partial charge on any atom is -0.379 e. The van der Waals surface area contributed by atoms with Gasteiger partial charge in [0, 0.05) is 10.4 Å². The molecule has 1 fully saturated rings. The molecule has 1 aliphatic rings. The van der Waals surface area contributed by atoms with Gasteiger partial charge in [-0.2, -0.15) is 0 Å². The Morgan fingerprint density at radius 1 is 1.50 bits per heavy atom. The quantitative estimate of drug-likeness (QED) is 0.901. The number of hydrogen-bond donors (Lipinski definition) is 1. The van der Waals surface area contributed by atoms with Crippen LogP contribution in [0.5, 0.6) is 0 Å². The van der Waals surface area contributed by atoms with Gasteiger partial charge in [0.15, 0.2) is 0 Å². The molecule has 0 saturated carbocycles. The van der Waals surface area contributed by atoms with E-state index in [4.69, 9.17) is 22.1 Å². The molecule has 0 atom stereocenters. The van der Waals surface area contributed by atoms with E-state index in [0.29, 0.717) is 0 Å². The van der Waals surface area contributed by atoms with Crippen molar-refractivity contribution >= 4 is 22.9 Å². The van der Waals surface area contributed by atoms with E-state index in [1.807, 2.05) is 6.07 Å². The molecular weight excluding hydrogens is 242 g/mol. The second-order valence-corrected chi connectivity index (χ2v) is 7.08. The van der Waals surface area contributed by atoms with Crippen molar-refractivity contribution in [1.82, 2.24) is 0 Å². The molecule has 16 heavy (non-hydrogen) atoms. The van der Waals surface area contributed by atoms with Crippen molar-refractivity contribution in [3.8, 4) is 0 Å². The van der Waals surface area contributed by atoms with Crippen LogP contribution < -0.4 is 5.73 Å². The van der Waals surface area contributed by atoms with Gasteiger partial charge in [-0.25, -0.2) is 0 Å². The Kier molecular flexibility index (Phi) is 3.32. The highest BCUT2D eigenvalue weighted by atomic mass is 35.5. The molecule has 2 nitrogen and oxygen atoms in total. The van der Waals surface area contributed by atoms with Crippen molar-refractivity contribution in [2.75, 3.05) is 13.2 Å². The molecule has 90 valence electrons. The average Bonchev–Trinajstić information content (AvgIpc) is 2.48. The van der Waals surface area contributed by atoms with Gasteiger partial charge in [0.25, 0.3) is 0 Å². The Labute approximate surface area is 106 Å². The molecule has 0 amide bonds. The Balaban J connectivity index is 2.08. The largest absolute Gasteiger partial charge is 0.379 e. The van der Waals surface area contributed by atoms with E-state index in [0.717, 1.165) is 30.4 Å². The lowest BCUT2D eigenvalue weighted by Gasteiger charge is -2.42. The summed E-state index contributed by atoms with van der Waals surface area (Å²) in [4.78, 5) is 1.34. The Hall–Kier alpha value is -0.0900. The zero-order chi connectivity index (χ0) is 11.8. The number of thiophene rings is 1. The van der Waals surface area contributed by atoms with Gasteiger partial charge >= 0.3 is 0 Å². The first-order valence-corrected chi connectivity index (χ1v) is 6.73. The first kappa shape index (κ1) is 12.4. The van der Waals surface area contributed by atoms with Crippen LogP contribution in [0.15, 0.2) is 12.1 Å². The molecule has 0 bridgehead atoms. The van der Waals surface area contributed by atoms with Crippen LogP contribution >= 0.6 is 22.9 Å². The molecule has 1 saturated heterocycles. The van der Waals surface area contributed by atoms with E-state index in [1.165, 1.54) is 4.88 Å². The summed E-state index contributed by atoms with van der Waals surface area (Å²) in [5.74, 6) is 0. The zero-order valence-electron chi connectivity index (χ0n) is 9.75. The molecule has 0 spiro atoms. The molecule has 0 unspecified atom stereocenters. The van der Waals surface area contributed by atoms with Crippen LogP contribution in [0.4, 0.5) is 0 Å². The van der Waals surface area contributed by atoms with Crippen LogP contribution in [-0.2, 0) is 10.2 Å². The molecule has 1 aromatic rings. The van der Waals surface area contributed by atoms with E-state index >= 15 is 0 Å². The highest BCUT2D eigenvalue weighted by Gasteiger charge is 2.41. The summed E-state index contributed by atoms with van der Waals surface area (Å²) >= 11 is 7.66. The third-order valence-electron chi connectivity index (χ3n) is 3.10. The van der Waals surface area contributed by atoms with Crippen molar-refractivity contribution in [3.05, 3.63) is 21.3 Å². The molecule has 0 radical (unpaired) electrons. The third kappa shape index (κ3) is 2.59. The standard InChI is InChI=1S/C12H18ClNOS/c1-11(2,14)5-6-12(7-15-8-12)9-3-4-10(13)16-9/h3-4H,5-8,14H2,1-2H3. The minimum atomic E-state index is -0.107. The summed E-state index contributed by atoms with van der Waals surface area (Å²) in [5, 5.41) is 0. The summed E-state index contributed by atoms with van der Waals surface area (Å²) < 4.78 is 6.24. The normalized spacial score (nSPS) is 19.5. The van der Waals surface area contributed by atoms with Gasteiger partial charge in [-0.3, -0.25) is 0 Å². The lowest BCUT2D eigenvalue weighted by Crippen LogP contribution is -2.48. The monoisotopic (exact) mass is 259 g/mol. The van der Waals surface area contributed by atoms with Crippen molar-refractivity contribution in [1.29, 1.82) is 0 Å². The smallest absolute Gasteiger partial charge is 0.0931 e. The van der Waals surface area contributed by atoms with Gasteiger partial charge < -0.3 is 10.5 Å². The van der Waals surface area contributed by atoms with Crippen LogP contribution in [0, 0.1) is 0 Å². The first-order valence-electron chi connectivity index (χ1n) is 5.54. The maximum Gasteiger partial charge on any atom is 0.0931 e. The van der Waals surface area contributed by atoms with E-state index in [9.17, 15) is 0 Å². The molecule has 0 aromatic carbocycles. The van der Waals surface area contributed by atoms with Gasteiger partial charge in [0.1, 0.15) is 0 Å². The summed E-state index contributed by atoms with van der Waals surface area (Å²) in [6.07, 6.45) is 2.08. The van der Waals surface area contributed by atoms with Crippen molar-refractivity contribution in [3.63, 3.8) is 0 Å². The topological polar surface area (TPSA) is 35.2 Å². The number of hydrogen-bond acceptors (Lipinski definition) is 3. The molecule has 2 heterocycles. The third-order valence-corrected chi connectivity index (χ3v) is 4.58. The van der Waals surface area contributed by atoms with Crippen LogP contribution in [0.2, 0.25) is 4.34 Å². The van der Waals surface area contributed by atoms with Crippen LogP contribution in [0.25, 0.3) is 0 Å². The number of rotatable bonds is 4. The predicted molar refractivity (Wildman–Crippen MR) is 69.3 cm³/mol. The molecule has 1 aromatic heterocycles. The Morgan fingerprint density at radius 3 is 2.56 bits per heavy atom. The maximum absolute atomic E-state index is 6.04. The average molecular weight is 260 g/mol. The minimum absolute atomic E-state index is 0.107. The summed E-state index contributed by atoms with van der Waals surface area (Å²) in [5.41, 5.74) is 6.11.